The molecule has 0 spiro atoms. The largest absolute Gasteiger partial charge is 0.756 e. The summed E-state index contributed by atoms with van der Waals surface area (Å²) in [6.45, 7) is -2.08. The zero-order chi connectivity index (χ0) is 38.8. The number of imidazole rings is 2. The van der Waals surface area contributed by atoms with Gasteiger partial charge in [-0.15, -0.1) is 0 Å². The van der Waals surface area contributed by atoms with E-state index in [1.165, 1.54) is 22.5 Å². The molecule has 0 aromatic carbocycles. The fourth-order valence-corrected chi connectivity index (χ4v) is 9.16. The number of phosphoric ester groups is 2. The number of phosphoric acid groups is 3. The lowest BCUT2D eigenvalue weighted by molar-refractivity contribution is -0.745. The van der Waals surface area contributed by atoms with Crippen LogP contribution < -0.4 is 32.0 Å². The smallest absolute Gasteiger partial charge is 0.478 e. The highest BCUT2D eigenvalue weighted by Gasteiger charge is 2.50. The summed E-state index contributed by atoms with van der Waals surface area (Å²) in [7, 11) is -15.0. The summed E-state index contributed by atoms with van der Waals surface area (Å²) >= 11 is 0. The van der Waals surface area contributed by atoms with Crippen LogP contribution in [0.2, 0.25) is 0 Å². The predicted octanol–water partition coefficient (Wildman–Crippen LogP) is -4.53. The Balaban J connectivity index is 1.06. The van der Waals surface area contributed by atoms with Crippen LogP contribution in [0.5, 0.6) is 0 Å². The molecule has 11 N–H and O–H groups in total. The maximum atomic E-state index is 12.6. The first-order valence-electron chi connectivity index (χ1n) is 14.8. The van der Waals surface area contributed by atoms with Crippen LogP contribution in [0.4, 0.5) is 11.9 Å². The number of fused-ring (bicyclic) bond motifs is 2. The Bertz CT molecular complexity index is 2300. The van der Waals surface area contributed by atoms with Gasteiger partial charge in [-0.3, -0.25) is 42.3 Å². The van der Waals surface area contributed by atoms with E-state index in [0.29, 0.717) is 0 Å². The second kappa shape index (κ2) is 14.3. The number of methoxy groups -OCH3 is 1. The van der Waals surface area contributed by atoms with Crippen molar-refractivity contribution in [2.45, 2.75) is 49.1 Å². The number of aromatic nitrogens is 8. The van der Waals surface area contributed by atoms with E-state index in [1.807, 2.05) is 0 Å². The van der Waals surface area contributed by atoms with E-state index in [2.05, 4.69) is 38.1 Å². The molecule has 0 bridgehead atoms. The first-order chi connectivity index (χ1) is 24.7. The highest BCUT2D eigenvalue weighted by atomic mass is 31.3. The number of aliphatic hydroxyl groups is 3. The minimum Gasteiger partial charge on any atom is -0.756 e. The summed E-state index contributed by atoms with van der Waals surface area (Å²) in [5.74, 6) is -0.561. The second-order valence-electron chi connectivity index (χ2n) is 11.5. The number of aryl methyl sites for hydroxylation is 1. The van der Waals surface area contributed by atoms with E-state index in [-0.39, 0.29) is 34.2 Å². The molecule has 11 atom stereocenters. The number of aliphatic hydroxyl groups excluding tert-OH is 3. The Hall–Kier alpha value is -3.53. The standard InChI is InChI=1S/C22H31N10O18P3/c1-30-6-32(16-10(30)18(37)29-22(24)27-16)20-13(35)14(44-2)8(48-20)4-46-52(40,41)50-53(42,43)49-51(38,39)45-3-7-11(33)12(34)19(47-7)31-5-25-9-15(31)26-21(23)28-17(9)36/h5-8,11-14,19-20,33-35H,3-4H2,1-2H3,(H8-,23,24,26,27,28,29,36,37,38,39,40,41,42,43)/t7-,8-,11-,12-,13-,14-,19-,20-/m1/s1. The molecule has 2 saturated heterocycles. The van der Waals surface area contributed by atoms with E-state index in [0.717, 1.165) is 18.0 Å². The Morgan fingerprint density at radius 1 is 0.943 bits per heavy atom. The van der Waals surface area contributed by atoms with Gasteiger partial charge in [-0.2, -0.15) is 4.98 Å². The normalized spacial score (nSPS) is 29.7. The number of hydrogen-bond acceptors (Lipinski definition) is 21. The van der Waals surface area contributed by atoms with Crippen LogP contribution in [0.15, 0.2) is 22.2 Å². The van der Waals surface area contributed by atoms with Crippen molar-refractivity contribution in [3.8, 4) is 0 Å². The summed E-state index contributed by atoms with van der Waals surface area (Å²) in [5.41, 5.74) is 9.55. The van der Waals surface area contributed by atoms with Gasteiger partial charge >= 0.3 is 21.3 Å². The van der Waals surface area contributed by atoms with Crippen molar-refractivity contribution in [3.63, 3.8) is 0 Å². The molecular formula is C22H31N10O18P3. The van der Waals surface area contributed by atoms with Crippen LogP contribution in [0, 0.1) is 0 Å². The fraction of sp³-hybridized carbons (Fsp3) is 0.545. The molecule has 2 aliphatic heterocycles. The number of aromatic amines is 2. The number of H-pyrrole nitrogens is 2. The minimum absolute atomic E-state index is 0.0111. The number of nitrogens with two attached hydrogens (primary N) is 2. The summed E-state index contributed by atoms with van der Waals surface area (Å²) in [5, 5.41) is 31.9. The molecule has 4 aromatic rings. The first-order valence-corrected chi connectivity index (χ1v) is 19.2. The predicted molar refractivity (Wildman–Crippen MR) is 166 cm³/mol. The second-order valence-corrected chi connectivity index (χ2v) is 16.1. The van der Waals surface area contributed by atoms with Gasteiger partial charge in [0.15, 0.2) is 23.7 Å². The molecule has 0 amide bonds. The molecule has 2 aliphatic rings. The number of hydrogen-bond donors (Lipinski definition) is 9. The SMILES string of the molecule is CO[C@H]1[C@@H](O)[C@H]([n+]2cn(C)c3c(=O)[nH]c(N)nc32)O[C@@H]1COP(=O)(O)OP(=O)([O-])OP(=O)(O)OC[C@H]1O[C@@H](n2cnc3c(=O)[nH]c(N)nc32)[C@H](O)[C@@H]1O. The Labute approximate surface area is 293 Å². The van der Waals surface area contributed by atoms with E-state index in [9.17, 15) is 53.3 Å². The summed E-state index contributed by atoms with van der Waals surface area (Å²) < 4.78 is 74.7. The van der Waals surface area contributed by atoms with Gasteiger partial charge in [-0.1, -0.05) is 4.98 Å². The van der Waals surface area contributed by atoms with E-state index >= 15 is 0 Å². The third kappa shape index (κ3) is 7.85. The number of nitrogens with zero attached hydrogens (tertiary/aromatic N) is 6. The molecule has 292 valence electrons. The van der Waals surface area contributed by atoms with Crippen molar-refractivity contribution in [2.24, 2.45) is 7.05 Å². The van der Waals surface area contributed by atoms with E-state index in [1.54, 1.807) is 0 Å². The van der Waals surface area contributed by atoms with Crippen LogP contribution in [-0.4, -0.2) is 116 Å². The van der Waals surface area contributed by atoms with Crippen molar-refractivity contribution in [1.29, 1.82) is 0 Å². The molecule has 3 unspecified atom stereocenters. The molecule has 0 saturated carbocycles. The van der Waals surface area contributed by atoms with Gasteiger partial charge in [0.2, 0.25) is 17.7 Å². The van der Waals surface area contributed by atoms with Crippen LogP contribution in [0.1, 0.15) is 12.5 Å². The number of rotatable bonds is 13. The number of ether oxygens (including phenoxy) is 3. The van der Waals surface area contributed by atoms with Crippen molar-refractivity contribution >= 4 is 57.7 Å². The molecular weight excluding hydrogens is 785 g/mol. The monoisotopic (exact) mass is 816 g/mol. The zero-order valence-electron chi connectivity index (χ0n) is 26.9. The molecule has 0 radical (unpaired) electrons. The quantitative estimate of drug-likeness (QED) is 0.0453. The molecule has 0 aliphatic carbocycles. The number of nitrogens with one attached hydrogen (secondary N) is 2. The van der Waals surface area contributed by atoms with Crippen LogP contribution in [0.3, 0.4) is 0 Å². The highest BCUT2D eigenvalue weighted by Crippen LogP contribution is 2.65. The molecule has 31 heteroatoms. The lowest BCUT2D eigenvalue weighted by atomic mass is 10.1. The lowest BCUT2D eigenvalue weighted by Gasteiger charge is -2.27. The van der Waals surface area contributed by atoms with E-state index in [4.69, 9.17) is 30.2 Å². The Morgan fingerprint density at radius 3 is 2.19 bits per heavy atom. The minimum atomic E-state index is -6.23. The summed E-state index contributed by atoms with van der Waals surface area (Å²) in [6.07, 6.45) is -9.87. The lowest BCUT2D eigenvalue weighted by Crippen LogP contribution is -2.46. The topological polar surface area (TPSA) is 410 Å². The third-order valence-corrected chi connectivity index (χ3v) is 12.1. The van der Waals surface area contributed by atoms with Gasteiger partial charge in [0, 0.05) is 7.11 Å². The van der Waals surface area contributed by atoms with Gasteiger partial charge in [0.05, 0.1) is 26.6 Å². The van der Waals surface area contributed by atoms with Crippen LogP contribution >= 0.6 is 23.5 Å². The molecule has 4 aromatic heterocycles. The van der Waals surface area contributed by atoms with Crippen molar-refractivity contribution in [2.75, 3.05) is 31.8 Å². The highest BCUT2D eigenvalue weighted by molar-refractivity contribution is 7.66. The van der Waals surface area contributed by atoms with Gasteiger partial charge in [0.1, 0.15) is 36.6 Å². The van der Waals surface area contributed by atoms with Crippen molar-refractivity contribution in [3.05, 3.63) is 33.4 Å². The van der Waals surface area contributed by atoms with Gasteiger partial charge < -0.3 is 55.7 Å². The molecule has 6 rings (SSSR count). The zero-order valence-corrected chi connectivity index (χ0v) is 29.6. The third-order valence-electron chi connectivity index (χ3n) is 7.92. The van der Waals surface area contributed by atoms with Gasteiger partial charge in [-0.25, -0.2) is 27.3 Å². The molecule has 2 fully saturated rings. The van der Waals surface area contributed by atoms with Crippen LogP contribution in [0.25, 0.3) is 22.3 Å². The average Bonchev–Trinajstić information content (AvgIpc) is 3.76. The summed E-state index contributed by atoms with van der Waals surface area (Å²) in [4.78, 5) is 73.3. The Kier molecular flexibility index (Phi) is 10.6. The maximum absolute atomic E-state index is 12.6. The average molecular weight is 816 g/mol. The first kappa shape index (κ1) is 39.2. The maximum Gasteiger partial charge on any atom is 0.478 e. The van der Waals surface area contributed by atoms with E-state index < -0.39 is 96.9 Å². The van der Waals surface area contributed by atoms with Gasteiger partial charge in [-0.05, 0) is 0 Å². The molecule has 6 heterocycles. The van der Waals surface area contributed by atoms with Crippen LogP contribution in [-0.2, 0) is 52.6 Å². The van der Waals surface area contributed by atoms with Crippen molar-refractivity contribution in [1.82, 2.24) is 34.1 Å². The number of nitrogen functional groups attached to an aromatic ring is 2. The molecule has 28 nitrogen and oxygen atoms in total. The molecule has 53 heavy (non-hydrogen) atoms. The fourth-order valence-electron chi connectivity index (χ4n) is 5.71. The number of anilines is 2. The Morgan fingerprint density at radius 2 is 1.55 bits per heavy atom. The summed E-state index contributed by atoms with van der Waals surface area (Å²) in [6, 6.07) is 0. The van der Waals surface area contributed by atoms with Gasteiger partial charge in [0.25, 0.3) is 24.9 Å². The van der Waals surface area contributed by atoms with Crippen molar-refractivity contribution < 1.29 is 80.1 Å².